The predicted molar refractivity (Wildman–Crippen MR) is 127 cm³/mol. The quantitative estimate of drug-likeness (QED) is 0.519. The summed E-state index contributed by atoms with van der Waals surface area (Å²) in [4.78, 5) is 24.6. The average molecular weight is 441 g/mol. The van der Waals surface area contributed by atoms with Crippen molar-refractivity contribution in [2.75, 3.05) is 53.5 Å². The molecule has 3 aromatic rings. The Morgan fingerprint density at radius 3 is 2.41 bits per heavy atom. The maximum Gasteiger partial charge on any atom is 0.260 e. The average Bonchev–Trinajstić information content (AvgIpc) is 2.77. The van der Waals surface area contributed by atoms with Gasteiger partial charge in [-0.2, -0.15) is 0 Å². The van der Waals surface area contributed by atoms with Gasteiger partial charge >= 0.3 is 0 Å². The molecule has 3 rings (SSSR count). The van der Waals surface area contributed by atoms with Crippen molar-refractivity contribution in [3.05, 3.63) is 57.4 Å². The molecule has 1 aromatic heterocycles. The van der Waals surface area contributed by atoms with Crippen molar-refractivity contribution in [2.45, 2.75) is 20.0 Å². The van der Waals surface area contributed by atoms with E-state index in [0.717, 1.165) is 18.7 Å². The molecule has 0 radical (unpaired) electrons. The molecule has 0 aliphatic heterocycles. The number of aryl methyl sites for hydroxylation is 1. The lowest BCUT2D eigenvalue weighted by Gasteiger charge is -2.20. The molecule has 172 valence electrons. The summed E-state index contributed by atoms with van der Waals surface area (Å²) in [5, 5.41) is 0.501. The summed E-state index contributed by atoms with van der Waals surface area (Å²) in [5.74, 6) is 1.59. The van der Waals surface area contributed by atoms with E-state index in [1.54, 1.807) is 27.4 Å². The maximum absolute atomic E-state index is 12.9. The van der Waals surface area contributed by atoms with Gasteiger partial charge in [0, 0.05) is 45.4 Å². The first kappa shape index (κ1) is 23.6. The zero-order valence-electron chi connectivity index (χ0n) is 19.7. The first-order valence-corrected chi connectivity index (χ1v) is 10.5. The normalized spacial score (nSPS) is 11.2. The third-order valence-corrected chi connectivity index (χ3v) is 5.47. The SMILES string of the molecule is COCCN(C)Cc1cccc(CN(C)c2nc3cc(OC)c(OC)c(C)c3c(=O)[nH]2)c1. The van der Waals surface area contributed by atoms with Crippen molar-refractivity contribution in [3.63, 3.8) is 0 Å². The first-order valence-electron chi connectivity index (χ1n) is 10.5. The van der Waals surface area contributed by atoms with E-state index in [9.17, 15) is 4.79 Å². The first-order chi connectivity index (χ1) is 15.4. The summed E-state index contributed by atoms with van der Waals surface area (Å²) in [6.45, 7) is 4.86. The molecular weight excluding hydrogens is 408 g/mol. The number of benzene rings is 2. The van der Waals surface area contributed by atoms with Crippen LogP contribution in [0.1, 0.15) is 16.7 Å². The van der Waals surface area contributed by atoms with Crippen LogP contribution in [-0.4, -0.2) is 63.4 Å². The largest absolute Gasteiger partial charge is 0.493 e. The number of hydrogen-bond acceptors (Lipinski definition) is 7. The number of aromatic amines is 1. The molecule has 0 fully saturated rings. The minimum absolute atomic E-state index is 0.205. The molecule has 2 aromatic carbocycles. The highest BCUT2D eigenvalue weighted by Gasteiger charge is 2.17. The highest BCUT2D eigenvalue weighted by Crippen LogP contribution is 2.35. The lowest BCUT2D eigenvalue weighted by Crippen LogP contribution is -2.24. The van der Waals surface area contributed by atoms with Gasteiger partial charge in [0.25, 0.3) is 5.56 Å². The Bertz CT molecular complexity index is 1130. The zero-order valence-corrected chi connectivity index (χ0v) is 19.7. The zero-order chi connectivity index (χ0) is 23.3. The van der Waals surface area contributed by atoms with E-state index >= 15 is 0 Å². The molecule has 32 heavy (non-hydrogen) atoms. The summed E-state index contributed by atoms with van der Waals surface area (Å²) >= 11 is 0. The minimum atomic E-state index is -0.205. The van der Waals surface area contributed by atoms with Gasteiger partial charge < -0.3 is 19.1 Å². The van der Waals surface area contributed by atoms with Crippen LogP contribution in [0.4, 0.5) is 5.95 Å². The molecule has 8 nitrogen and oxygen atoms in total. The van der Waals surface area contributed by atoms with Crippen LogP contribution in [0.15, 0.2) is 35.1 Å². The molecule has 0 amide bonds. The molecule has 1 heterocycles. The van der Waals surface area contributed by atoms with Crippen LogP contribution in [-0.2, 0) is 17.8 Å². The number of anilines is 1. The number of hydrogen-bond donors (Lipinski definition) is 1. The van der Waals surface area contributed by atoms with Crippen molar-refractivity contribution in [3.8, 4) is 11.5 Å². The van der Waals surface area contributed by atoms with Crippen LogP contribution in [0.3, 0.4) is 0 Å². The Labute approximate surface area is 188 Å². The summed E-state index contributed by atoms with van der Waals surface area (Å²) in [5.41, 5.74) is 3.43. The maximum atomic E-state index is 12.9. The van der Waals surface area contributed by atoms with Gasteiger partial charge in [0.15, 0.2) is 11.5 Å². The fourth-order valence-electron chi connectivity index (χ4n) is 3.83. The second-order valence-corrected chi connectivity index (χ2v) is 7.93. The number of methoxy groups -OCH3 is 3. The predicted octanol–water partition coefficient (Wildman–Crippen LogP) is 2.96. The number of likely N-dealkylation sites (N-methyl/N-ethyl adjacent to an activating group) is 1. The Balaban J connectivity index is 1.85. The van der Waals surface area contributed by atoms with Gasteiger partial charge in [-0.15, -0.1) is 0 Å². The third-order valence-electron chi connectivity index (χ3n) is 5.47. The second kappa shape index (κ2) is 10.5. The van der Waals surface area contributed by atoms with Crippen molar-refractivity contribution in [2.24, 2.45) is 0 Å². The van der Waals surface area contributed by atoms with Crippen LogP contribution >= 0.6 is 0 Å². The highest BCUT2D eigenvalue weighted by molar-refractivity contribution is 5.86. The number of H-pyrrole nitrogens is 1. The van der Waals surface area contributed by atoms with Gasteiger partial charge in [-0.3, -0.25) is 14.7 Å². The summed E-state index contributed by atoms with van der Waals surface area (Å²) in [7, 11) is 8.83. The molecule has 0 saturated heterocycles. The third kappa shape index (κ3) is 5.20. The number of rotatable bonds is 10. The molecule has 0 saturated carbocycles. The molecule has 0 bridgehead atoms. The lowest BCUT2D eigenvalue weighted by molar-refractivity contribution is 0.158. The summed E-state index contributed by atoms with van der Waals surface area (Å²) in [6, 6.07) is 10.2. The fourth-order valence-corrected chi connectivity index (χ4v) is 3.83. The molecule has 0 unspecified atom stereocenters. The highest BCUT2D eigenvalue weighted by atomic mass is 16.5. The Kier molecular flexibility index (Phi) is 7.71. The molecule has 0 aliphatic carbocycles. The lowest BCUT2D eigenvalue weighted by atomic mass is 10.1. The van der Waals surface area contributed by atoms with E-state index in [4.69, 9.17) is 19.2 Å². The van der Waals surface area contributed by atoms with Gasteiger partial charge in [0.2, 0.25) is 5.95 Å². The van der Waals surface area contributed by atoms with Crippen LogP contribution in [0.25, 0.3) is 10.9 Å². The van der Waals surface area contributed by atoms with Crippen LogP contribution in [0, 0.1) is 6.92 Å². The molecule has 8 heteroatoms. The topological polar surface area (TPSA) is 79.9 Å². The van der Waals surface area contributed by atoms with E-state index in [-0.39, 0.29) is 5.56 Å². The van der Waals surface area contributed by atoms with Crippen molar-refractivity contribution in [1.29, 1.82) is 0 Å². The fraction of sp³-hybridized carbons (Fsp3) is 0.417. The van der Waals surface area contributed by atoms with E-state index in [2.05, 4.69) is 41.2 Å². The van der Waals surface area contributed by atoms with Gasteiger partial charge in [-0.1, -0.05) is 24.3 Å². The molecule has 0 aliphatic rings. The smallest absolute Gasteiger partial charge is 0.260 e. The second-order valence-electron chi connectivity index (χ2n) is 7.93. The molecule has 0 atom stereocenters. The standard InChI is InChI=1S/C24H32N4O4/c1-16-21-19(13-20(31-5)22(16)32-6)25-24(26-23(21)29)28(3)15-18-9-7-8-17(12-18)14-27(2)10-11-30-4/h7-9,12-13H,10-11,14-15H2,1-6H3,(H,25,26,29). The van der Waals surface area contributed by atoms with Gasteiger partial charge in [0.05, 0.1) is 31.7 Å². The number of aromatic nitrogens is 2. The van der Waals surface area contributed by atoms with E-state index in [1.807, 2.05) is 18.9 Å². The number of nitrogens with one attached hydrogen (secondary N) is 1. The van der Waals surface area contributed by atoms with Crippen molar-refractivity contribution < 1.29 is 14.2 Å². The van der Waals surface area contributed by atoms with E-state index < -0.39 is 0 Å². The number of fused-ring (bicyclic) bond motifs is 1. The summed E-state index contributed by atoms with van der Waals surface area (Å²) < 4.78 is 16.0. The van der Waals surface area contributed by atoms with Gasteiger partial charge in [-0.25, -0.2) is 4.98 Å². The Morgan fingerprint density at radius 1 is 1.03 bits per heavy atom. The molecule has 1 N–H and O–H groups in total. The molecule has 0 spiro atoms. The minimum Gasteiger partial charge on any atom is -0.493 e. The summed E-state index contributed by atoms with van der Waals surface area (Å²) in [6.07, 6.45) is 0. The Morgan fingerprint density at radius 2 is 1.75 bits per heavy atom. The Hall–Kier alpha value is -3.10. The number of ether oxygens (including phenoxy) is 3. The number of nitrogens with zero attached hydrogens (tertiary/aromatic N) is 3. The van der Waals surface area contributed by atoms with Crippen molar-refractivity contribution >= 4 is 16.9 Å². The van der Waals surface area contributed by atoms with Crippen molar-refractivity contribution in [1.82, 2.24) is 14.9 Å². The van der Waals surface area contributed by atoms with E-state index in [1.165, 1.54) is 5.56 Å². The van der Waals surface area contributed by atoms with Gasteiger partial charge in [-0.05, 0) is 25.1 Å². The van der Waals surface area contributed by atoms with Gasteiger partial charge in [0.1, 0.15) is 0 Å². The monoisotopic (exact) mass is 440 g/mol. The molecular formula is C24H32N4O4. The van der Waals surface area contributed by atoms with Crippen LogP contribution in [0.5, 0.6) is 11.5 Å². The van der Waals surface area contributed by atoms with E-state index in [0.29, 0.717) is 47.1 Å². The van der Waals surface area contributed by atoms with Crippen LogP contribution < -0.4 is 19.9 Å². The van der Waals surface area contributed by atoms with Crippen LogP contribution in [0.2, 0.25) is 0 Å².